The summed E-state index contributed by atoms with van der Waals surface area (Å²) in [4.78, 5) is 20.6. The van der Waals surface area contributed by atoms with E-state index in [1.807, 2.05) is 42.8 Å². The number of fused-ring (bicyclic) bond motifs is 1. The summed E-state index contributed by atoms with van der Waals surface area (Å²) in [5, 5.41) is 12.6. The van der Waals surface area contributed by atoms with Gasteiger partial charge in [-0.05, 0) is 92.2 Å². The number of pyridine rings is 1. The molecule has 6 rings (SSSR count). The lowest BCUT2D eigenvalue weighted by Gasteiger charge is -2.31. The van der Waals surface area contributed by atoms with Crippen LogP contribution in [0.25, 0.3) is 16.8 Å². The molecule has 0 atom stereocenters. The Bertz CT molecular complexity index is 1620. The maximum absolute atomic E-state index is 13.1. The van der Waals surface area contributed by atoms with E-state index in [0.717, 1.165) is 72.2 Å². The normalized spacial score (nSPS) is 15.9. The zero-order valence-corrected chi connectivity index (χ0v) is 25.8. The smallest absolute Gasteiger partial charge is 0.253 e. The zero-order valence-electron chi connectivity index (χ0n) is 24.9. The van der Waals surface area contributed by atoms with Crippen molar-refractivity contribution in [2.75, 3.05) is 38.5 Å². The highest BCUT2D eigenvalue weighted by atomic mass is 32.1. The van der Waals surface area contributed by atoms with Gasteiger partial charge in [0.25, 0.3) is 5.56 Å². The maximum Gasteiger partial charge on any atom is 0.253 e. The van der Waals surface area contributed by atoms with Crippen molar-refractivity contribution in [1.82, 2.24) is 24.6 Å². The average Bonchev–Trinajstić information content (AvgIpc) is 3.43. The monoisotopic (exact) mass is 580 g/mol. The van der Waals surface area contributed by atoms with Crippen molar-refractivity contribution >= 4 is 22.7 Å². The Kier molecular flexibility index (Phi) is 8.38. The molecule has 1 N–H and O–H groups in total. The molecule has 0 saturated carbocycles. The summed E-state index contributed by atoms with van der Waals surface area (Å²) < 4.78 is 1.68. The minimum Gasteiger partial charge on any atom is -0.355 e. The van der Waals surface area contributed by atoms with Gasteiger partial charge in [0, 0.05) is 74.2 Å². The molecule has 0 bridgehead atoms. The Balaban J connectivity index is 1.19. The van der Waals surface area contributed by atoms with Gasteiger partial charge >= 0.3 is 0 Å². The van der Waals surface area contributed by atoms with E-state index in [-0.39, 0.29) is 5.56 Å². The molecule has 0 unspecified atom stereocenters. The number of rotatable bonds is 8. The number of nitrogens with one attached hydrogen (secondary N) is 1. The molecular weight excluding hydrogens is 540 g/mol. The summed E-state index contributed by atoms with van der Waals surface area (Å²) >= 11 is 1.87. The summed E-state index contributed by atoms with van der Waals surface area (Å²) in [6.45, 7) is 11.6. The quantitative estimate of drug-likeness (QED) is 0.297. The van der Waals surface area contributed by atoms with E-state index in [2.05, 4.69) is 70.1 Å². The maximum atomic E-state index is 13.1. The SMILES string of the molecule is C=C(Nc1cccc(-c2cc(Cc3ccc(CN4CCN(C)CC4)nn3)c(=O)n(C)c2)c1C)c1cc2c(s1)CCCC2. The highest BCUT2D eigenvalue weighted by Gasteiger charge is 2.17. The number of aryl methyl sites for hydroxylation is 3. The molecule has 218 valence electrons. The van der Waals surface area contributed by atoms with Crippen molar-refractivity contribution in [2.45, 2.75) is 45.6 Å². The first-order chi connectivity index (χ1) is 20.3. The van der Waals surface area contributed by atoms with Gasteiger partial charge in [0.15, 0.2) is 0 Å². The molecule has 4 aromatic rings. The third-order valence-corrected chi connectivity index (χ3v) is 9.91. The highest BCUT2D eigenvalue weighted by Crippen LogP contribution is 2.35. The lowest BCUT2D eigenvalue weighted by Crippen LogP contribution is -2.44. The van der Waals surface area contributed by atoms with E-state index in [4.69, 9.17) is 0 Å². The van der Waals surface area contributed by atoms with Crippen molar-refractivity contribution < 1.29 is 0 Å². The minimum absolute atomic E-state index is 0.0102. The molecule has 0 spiro atoms. The number of hydrogen-bond donors (Lipinski definition) is 1. The standard InChI is InChI=1S/C34H40N6OS/c1-23-30(9-7-10-31(23)35-24(2)33-20-25-8-5-6-11-32(25)42-33)27-18-26(34(41)39(4)21-27)19-28-12-13-29(37-36-28)22-40-16-14-38(3)15-17-40/h7,9-10,12-13,18,20-21,35H,2,5-6,8,11,14-17,19,22H2,1,3-4H3. The van der Waals surface area contributed by atoms with Crippen LogP contribution < -0.4 is 10.9 Å². The lowest BCUT2D eigenvalue weighted by molar-refractivity contribution is 0.146. The summed E-state index contributed by atoms with van der Waals surface area (Å²) in [5.41, 5.74) is 9.13. The third kappa shape index (κ3) is 6.26. The molecule has 1 fully saturated rings. The first kappa shape index (κ1) is 28.5. The van der Waals surface area contributed by atoms with Gasteiger partial charge in [-0.2, -0.15) is 10.2 Å². The fourth-order valence-electron chi connectivity index (χ4n) is 6.00. The summed E-state index contributed by atoms with van der Waals surface area (Å²) in [6.07, 6.45) is 7.28. The predicted molar refractivity (Wildman–Crippen MR) is 173 cm³/mol. The Labute approximate surface area is 252 Å². The van der Waals surface area contributed by atoms with Gasteiger partial charge in [-0.1, -0.05) is 18.7 Å². The number of aromatic nitrogens is 3. The van der Waals surface area contributed by atoms with Crippen molar-refractivity contribution in [3.63, 3.8) is 0 Å². The molecule has 4 heterocycles. The predicted octanol–water partition coefficient (Wildman–Crippen LogP) is 5.51. The molecule has 0 amide bonds. The second kappa shape index (κ2) is 12.3. The molecule has 8 heteroatoms. The second-order valence-electron chi connectivity index (χ2n) is 11.8. The number of hydrogen-bond acceptors (Lipinski definition) is 7. The van der Waals surface area contributed by atoms with E-state index in [9.17, 15) is 4.79 Å². The zero-order chi connectivity index (χ0) is 29.2. The number of nitrogens with zero attached hydrogens (tertiary/aromatic N) is 5. The van der Waals surface area contributed by atoms with E-state index in [1.54, 1.807) is 4.57 Å². The lowest BCUT2D eigenvalue weighted by atomic mass is 9.98. The Morgan fingerprint density at radius 1 is 1.00 bits per heavy atom. The van der Waals surface area contributed by atoms with Crippen molar-refractivity contribution in [1.29, 1.82) is 0 Å². The number of anilines is 1. The van der Waals surface area contributed by atoms with Crippen molar-refractivity contribution in [3.05, 3.63) is 103 Å². The van der Waals surface area contributed by atoms with E-state index < -0.39 is 0 Å². The van der Waals surface area contributed by atoms with Crippen LogP contribution in [0.15, 0.2) is 60.0 Å². The molecule has 0 radical (unpaired) electrons. The molecule has 42 heavy (non-hydrogen) atoms. The fraction of sp³-hybridized carbons (Fsp3) is 0.382. The van der Waals surface area contributed by atoms with E-state index >= 15 is 0 Å². The van der Waals surface area contributed by atoms with Gasteiger partial charge < -0.3 is 14.8 Å². The molecule has 1 aromatic carbocycles. The number of thiophene rings is 1. The largest absolute Gasteiger partial charge is 0.355 e. The molecular formula is C34H40N6OS. The molecule has 2 aliphatic rings. The van der Waals surface area contributed by atoms with Crippen LogP contribution in [0.3, 0.4) is 0 Å². The van der Waals surface area contributed by atoms with Crippen LogP contribution in [0.4, 0.5) is 5.69 Å². The molecule has 7 nitrogen and oxygen atoms in total. The van der Waals surface area contributed by atoms with Crippen molar-refractivity contribution in [2.24, 2.45) is 7.05 Å². The number of piperazine rings is 1. The van der Waals surface area contributed by atoms with Crippen LogP contribution in [0.2, 0.25) is 0 Å². The molecule has 1 aliphatic carbocycles. The highest BCUT2D eigenvalue weighted by molar-refractivity contribution is 7.13. The van der Waals surface area contributed by atoms with Crippen LogP contribution in [0.5, 0.6) is 0 Å². The molecule has 3 aromatic heterocycles. The Morgan fingerprint density at radius 2 is 1.76 bits per heavy atom. The summed E-state index contributed by atoms with van der Waals surface area (Å²) in [6, 6.07) is 14.7. The summed E-state index contributed by atoms with van der Waals surface area (Å²) in [5.74, 6) is 0. The first-order valence-corrected chi connectivity index (χ1v) is 15.8. The minimum atomic E-state index is -0.0102. The van der Waals surface area contributed by atoms with Gasteiger partial charge in [0.1, 0.15) is 0 Å². The fourth-order valence-corrected chi connectivity index (χ4v) is 7.18. The molecule has 1 saturated heterocycles. The van der Waals surface area contributed by atoms with Crippen LogP contribution in [0, 0.1) is 6.92 Å². The van der Waals surface area contributed by atoms with Crippen LogP contribution in [-0.2, 0) is 32.9 Å². The van der Waals surface area contributed by atoms with E-state index in [0.29, 0.717) is 12.0 Å². The van der Waals surface area contributed by atoms with Crippen LogP contribution >= 0.6 is 11.3 Å². The van der Waals surface area contributed by atoms with Gasteiger partial charge in [-0.15, -0.1) is 11.3 Å². The molecule has 1 aliphatic heterocycles. The number of likely N-dealkylation sites (N-methyl/N-ethyl adjacent to an activating group) is 1. The van der Waals surface area contributed by atoms with Crippen LogP contribution in [-0.4, -0.2) is 57.8 Å². The van der Waals surface area contributed by atoms with Gasteiger partial charge in [-0.3, -0.25) is 9.69 Å². The Hall–Kier alpha value is -3.59. The van der Waals surface area contributed by atoms with Crippen LogP contribution in [0.1, 0.15) is 50.7 Å². The topological polar surface area (TPSA) is 66.3 Å². The van der Waals surface area contributed by atoms with Crippen molar-refractivity contribution in [3.8, 4) is 11.1 Å². The van der Waals surface area contributed by atoms with Gasteiger partial charge in [0.2, 0.25) is 0 Å². The average molecular weight is 581 g/mol. The van der Waals surface area contributed by atoms with Gasteiger partial charge in [-0.25, -0.2) is 0 Å². The second-order valence-corrected chi connectivity index (χ2v) is 12.9. The number of benzene rings is 1. The first-order valence-electron chi connectivity index (χ1n) is 14.9. The Morgan fingerprint density at radius 3 is 2.52 bits per heavy atom. The van der Waals surface area contributed by atoms with Gasteiger partial charge in [0.05, 0.1) is 16.3 Å². The van der Waals surface area contributed by atoms with E-state index in [1.165, 1.54) is 41.0 Å². The summed E-state index contributed by atoms with van der Waals surface area (Å²) in [7, 11) is 3.98. The third-order valence-electron chi connectivity index (χ3n) is 8.61.